The second kappa shape index (κ2) is 18.5. The van der Waals surface area contributed by atoms with Gasteiger partial charge in [0, 0.05) is 46.3 Å². The quantitative estimate of drug-likeness (QED) is 0.154. The standard InChI is InChI=1S/C14H16BrF4NO3.C8H14BrFO2.C6H3BrF3NO/c1-4-23-12(22)10(6-13(2,3)16)20-7-9(15)8(5-11(20)21)14(17,18)19;1-4-12-7(11)6(9)5-8(2,3)10;7-4-2-11-5(12)1-3(4)6(8,9)10/h5,7,10H,4,6H2,1-3H3;6H,4-5H2,1-3H3;1-2H,(H,11,12). The second-order valence-electron chi connectivity index (χ2n) is 10.7. The first kappa shape index (κ1) is 44.7. The third kappa shape index (κ3) is 17.1. The summed E-state index contributed by atoms with van der Waals surface area (Å²) < 4.78 is 111. The Hall–Kier alpha value is -2.28. The van der Waals surface area contributed by atoms with E-state index in [1.807, 2.05) is 0 Å². The van der Waals surface area contributed by atoms with Crippen molar-refractivity contribution in [3.8, 4) is 0 Å². The van der Waals surface area contributed by atoms with Gasteiger partial charge in [0.1, 0.15) is 22.2 Å². The number of ether oxygens (including phenoxy) is 2. The van der Waals surface area contributed by atoms with Gasteiger partial charge in [-0.25, -0.2) is 13.6 Å². The average Bonchev–Trinajstić information content (AvgIpc) is 2.88. The molecule has 0 spiro atoms. The van der Waals surface area contributed by atoms with Crippen molar-refractivity contribution in [1.29, 1.82) is 0 Å². The molecule has 2 aromatic rings. The number of nitrogens with zero attached hydrogens (tertiary/aromatic N) is 1. The van der Waals surface area contributed by atoms with Crippen molar-refractivity contribution < 1.29 is 54.2 Å². The van der Waals surface area contributed by atoms with Crippen LogP contribution in [0.25, 0.3) is 0 Å². The van der Waals surface area contributed by atoms with Crippen molar-refractivity contribution >= 4 is 59.7 Å². The van der Waals surface area contributed by atoms with E-state index in [9.17, 15) is 54.3 Å². The number of carbonyl (C=O) groups excluding carboxylic acids is 2. The largest absolute Gasteiger partial charge is 0.465 e. The number of alkyl halides is 9. The SMILES string of the molecule is CCOC(=O)C(Br)CC(C)(C)F.CCOC(=O)C(CC(C)(C)F)n1cc(Br)c(C(F)(F)F)cc1=O.O=c1cc(C(F)(F)F)c(Br)c[nH]1. The molecule has 2 unspecified atom stereocenters. The Morgan fingerprint density at radius 3 is 1.64 bits per heavy atom. The van der Waals surface area contributed by atoms with E-state index in [1.54, 1.807) is 6.92 Å². The highest BCUT2D eigenvalue weighted by molar-refractivity contribution is 9.11. The maximum Gasteiger partial charge on any atom is 0.417 e. The Kier molecular flexibility index (Phi) is 17.6. The van der Waals surface area contributed by atoms with E-state index in [-0.39, 0.29) is 17.5 Å². The molecule has 2 heterocycles. The third-order valence-electron chi connectivity index (χ3n) is 5.30. The number of nitrogens with one attached hydrogen (secondary N) is 1. The van der Waals surface area contributed by atoms with Crippen LogP contribution in [0.1, 0.15) is 71.6 Å². The molecule has 0 saturated heterocycles. The number of esters is 2. The summed E-state index contributed by atoms with van der Waals surface area (Å²) in [6.07, 6.45) is -7.71. The molecule has 0 aliphatic carbocycles. The van der Waals surface area contributed by atoms with Crippen LogP contribution in [-0.2, 0) is 31.4 Å². The molecule has 0 aromatic carbocycles. The van der Waals surface area contributed by atoms with Gasteiger partial charge in [0.25, 0.3) is 5.56 Å². The lowest BCUT2D eigenvalue weighted by Gasteiger charge is -2.24. The molecule has 0 fully saturated rings. The highest BCUT2D eigenvalue weighted by Gasteiger charge is 2.37. The van der Waals surface area contributed by atoms with Gasteiger partial charge in [0.05, 0.1) is 24.3 Å². The van der Waals surface area contributed by atoms with Crippen molar-refractivity contribution in [3.63, 3.8) is 0 Å². The second-order valence-corrected chi connectivity index (χ2v) is 13.5. The number of aromatic amines is 1. The van der Waals surface area contributed by atoms with Crippen LogP contribution in [0.4, 0.5) is 35.1 Å². The summed E-state index contributed by atoms with van der Waals surface area (Å²) in [5.74, 6) is -1.28. The molecule has 268 valence electrons. The number of carbonyl (C=O) groups is 2. The molecule has 0 amide bonds. The molecule has 47 heavy (non-hydrogen) atoms. The first-order valence-corrected chi connectivity index (χ1v) is 15.9. The van der Waals surface area contributed by atoms with E-state index < -0.39 is 79.6 Å². The molecular weight excluding hydrogens is 852 g/mol. The van der Waals surface area contributed by atoms with Crippen LogP contribution in [0.15, 0.2) is 43.1 Å². The number of pyridine rings is 2. The van der Waals surface area contributed by atoms with Crippen molar-refractivity contribution in [1.82, 2.24) is 9.55 Å². The van der Waals surface area contributed by atoms with Crippen molar-refractivity contribution in [3.05, 3.63) is 65.3 Å². The molecule has 0 bridgehead atoms. The topological polar surface area (TPSA) is 107 Å². The Labute approximate surface area is 290 Å². The maximum atomic E-state index is 13.9. The zero-order valence-corrected chi connectivity index (χ0v) is 30.6. The van der Waals surface area contributed by atoms with Crippen LogP contribution < -0.4 is 11.1 Å². The van der Waals surface area contributed by atoms with Crippen molar-refractivity contribution in [2.24, 2.45) is 0 Å². The van der Waals surface area contributed by atoms with Gasteiger partial charge in [0.15, 0.2) is 0 Å². The fourth-order valence-electron chi connectivity index (χ4n) is 3.39. The summed E-state index contributed by atoms with van der Waals surface area (Å²) in [4.78, 5) is 47.0. The van der Waals surface area contributed by atoms with Gasteiger partial charge in [-0.15, -0.1) is 0 Å². The Morgan fingerprint density at radius 2 is 1.23 bits per heavy atom. The number of halogens is 11. The fraction of sp³-hybridized carbons (Fsp3) is 0.571. The summed E-state index contributed by atoms with van der Waals surface area (Å²) in [6.45, 7) is 8.83. The van der Waals surface area contributed by atoms with Crippen molar-refractivity contribution in [2.75, 3.05) is 13.2 Å². The molecule has 2 rings (SSSR count). The van der Waals surface area contributed by atoms with E-state index in [1.165, 1.54) is 34.6 Å². The first-order valence-electron chi connectivity index (χ1n) is 13.4. The molecule has 0 radical (unpaired) electrons. The number of H-pyrrole nitrogens is 1. The normalized spacial score (nSPS) is 13.3. The number of hydrogen-bond donors (Lipinski definition) is 1. The summed E-state index contributed by atoms with van der Waals surface area (Å²) in [7, 11) is 0. The van der Waals surface area contributed by atoms with E-state index in [0.717, 1.165) is 17.0 Å². The Balaban J connectivity index is 0.000000743. The molecule has 1 N–H and O–H groups in total. The smallest absolute Gasteiger partial charge is 0.417 e. The monoisotopic (exact) mass is 882 g/mol. The van der Waals surface area contributed by atoms with Crippen LogP contribution in [0.3, 0.4) is 0 Å². The van der Waals surface area contributed by atoms with Gasteiger partial charge >= 0.3 is 24.3 Å². The van der Waals surface area contributed by atoms with Gasteiger partial charge in [-0.3, -0.25) is 19.0 Å². The molecule has 0 saturated carbocycles. The van der Waals surface area contributed by atoms with Crippen LogP contribution in [-0.4, -0.2) is 50.9 Å². The Morgan fingerprint density at radius 1 is 0.787 bits per heavy atom. The van der Waals surface area contributed by atoms with Gasteiger partial charge in [0.2, 0.25) is 5.56 Å². The molecule has 2 atom stereocenters. The van der Waals surface area contributed by atoms with Gasteiger partial charge < -0.3 is 14.5 Å². The lowest BCUT2D eigenvalue weighted by atomic mass is 10.0. The highest BCUT2D eigenvalue weighted by atomic mass is 79.9. The number of hydrogen-bond acceptors (Lipinski definition) is 6. The van der Waals surface area contributed by atoms with Gasteiger partial charge in [-0.2, -0.15) is 26.3 Å². The minimum atomic E-state index is -4.73. The summed E-state index contributed by atoms with van der Waals surface area (Å²) in [5, 5.41) is 0. The lowest BCUT2D eigenvalue weighted by Crippen LogP contribution is -2.35. The Bertz CT molecular complexity index is 1450. The summed E-state index contributed by atoms with van der Waals surface area (Å²) in [5.41, 5.74) is -7.15. The highest BCUT2D eigenvalue weighted by Crippen LogP contribution is 2.35. The molecular formula is C28H33Br3F8N2O6. The van der Waals surface area contributed by atoms with Gasteiger partial charge in [-0.05, 0) is 73.4 Å². The maximum absolute atomic E-state index is 13.9. The molecule has 8 nitrogen and oxygen atoms in total. The first-order chi connectivity index (χ1) is 21.1. The van der Waals surface area contributed by atoms with Crippen molar-refractivity contribution in [2.45, 2.75) is 88.9 Å². The molecule has 0 aliphatic rings. The van der Waals surface area contributed by atoms with Crippen LogP contribution in [0.2, 0.25) is 0 Å². The minimum absolute atomic E-state index is 0.00139. The zero-order valence-electron chi connectivity index (χ0n) is 25.8. The summed E-state index contributed by atoms with van der Waals surface area (Å²) >= 11 is 8.47. The van der Waals surface area contributed by atoms with E-state index >= 15 is 0 Å². The zero-order chi connectivity index (χ0) is 37.1. The van der Waals surface area contributed by atoms with Gasteiger partial charge in [-0.1, -0.05) is 15.9 Å². The third-order valence-corrected chi connectivity index (χ3v) is 7.28. The molecule has 19 heteroatoms. The average molecular weight is 885 g/mol. The van der Waals surface area contributed by atoms with Crippen LogP contribution >= 0.6 is 47.8 Å². The minimum Gasteiger partial charge on any atom is -0.465 e. The predicted molar refractivity (Wildman–Crippen MR) is 168 cm³/mol. The predicted octanol–water partition coefficient (Wildman–Crippen LogP) is 8.48. The number of rotatable bonds is 9. The molecule has 0 aliphatic heterocycles. The molecule has 2 aromatic heterocycles. The van der Waals surface area contributed by atoms with E-state index in [4.69, 9.17) is 9.47 Å². The van der Waals surface area contributed by atoms with Crippen LogP contribution in [0, 0.1) is 0 Å². The lowest BCUT2D eigenvalue weighted by molar-refractivity contribution is -0.148. The van der Waals surface area contributed by atoms with E-state index in [0.29, 0.717) is 18.7 Å². The van der Waals surface area contributed by atoms with E-state index in [2.05, 4.69) is 52.8 Å². The fourth-order valence-corrected chi connectivity index (χ4v) is 5.31. The summed E-state index contributed by atoms with van der Waals surface area (Å²) in [6, 6.07) is -0.493. The van der Waals surface area contributed by atoms with Crippen LogP contribution in [0.5, 0.6) is 0 Å². The number of aromatic nitrogens is 2.